The minimum absolute atomic E-state index is 0. The van der Waals surface area contributed by atoms with E-state index in [4.69, 9.17) is 16.3 Å². The molecule has 192 valence electrons. The number of hydrogen-bond acceptors (Lipinski definition) is 4. The van der Waals surface area contributed by atoms with Crippen molar-refractivity contribution in [3.05, 3.63) is 101 Å². The van der Waals surface area contributed by atoms with Crippen molar-refractivity contribution < 1.29 is 13.2 Å². The third-order valence-corrected chi connectivity index (χ3v) is 8.06. The van der Waals surface area contributed by atoms with Crippen molar-refractivity contribution >= 4 is 39.7 Å². The Morgan fingerprint density at radius 1 is 0.811 bits per heavy atom. The maximum Gasteiger partial charge on any atom is 0.262 e. The Balaban J connectivity index is 0.00000320. The van der Waals surface area contributed by atoms with E-state index < -0.39 is 10.0 Å². The molecule has 0 bridgehead atoms. The summed E-state index contributed by atoms with van der Waals surface area (Å²) in [5, 5.41) is 4.03. The molecule has 0 unspecified atom stereocenters. The second kappa shape index (κ2) is 11.6. The number of rotatable bonds is 6. The summed E-state index contributed by atoms with van der Waals surface area (Å²) in [6.07, 6.45) is 1.72. The van der Waals surface area contributed by atoms with Gasteiger partial charge in [0.05, 0.1) is 17.7 Å². The maximum absolute atomic E-state index is 13.6. The van der Waals surface area contributed by atoms with Gasteiger partial charge in [-0.3, -0.25) is 4.72 Å². The first-order chi connectivity index (χ1) is 17.4. The number of nitrogens with one attached hydrogen (secondary N) is 2. The zero-order valence-electron chi connectivity index (χ0n) is 20.3. The van der Waals surface area contributed by atoms with Gasteiger partial charge < -0.3 is 10.1 Å². The fraction of sp³-hybridized carbons (Fsp3) is 0.172. The predicted octanol–water partition coefficient (Wildman–Crippen LogP) is 6.59. The third kappa shape index (κ3) is 5.94. The molecule has 1 aliphatic rings. The third-order valence-electron chi connectivity index (χ3n) is 6.45. The Hall–Kier alpha value is -3.03. The van der Waals surface area contributed by atoms with Crippen LogP contribution in [0.15, 0.2) is 89.8 Å². The number of hydrogen-bond donors (Lipinski definition) is 2. The molecule has 2 N–H and O–H groups in total. The molecule has 0 radical (unpaired) electrons. The minimum atomic E-state index is -3.88. The molecule has 4 aromatic carbocycles. The zero-order valence-corrected chi connectivity index (χ0v) is 22.7. The Kier molecular flexibility index (Phi) is 8.45. The van der Waals surface area contributed by atoms with Gasteiger partial charge in [-0.1, -0.05) is 60.1 Å². The summed E-state index contributed by atoms with van der Waals surface area (Å²) in [7, 11) is -2.33. The molecule has 4 aromatic rings. The summed E-state index contributed by atoms with van der Waals surface area (Å²) in [4.78, 5) is 0.178. The van der Waals surface area contributed by atoms with Gasteiger partial charge in [0.1, 0.15) is 5.75 Å². The number of methoxy groups -OCH3 is 1. The van der Waals surface area contributed by atoms with Crippen LogP contribution in [0, 0.1) is 0 Å². The second-order valence-electron chi connectivity index (χ2n) is 8.76. The molecule has 0 aliphatic carbocycles. The summed E-state index contributed by atoms with van der Waals surface area (Å²) >= 11 is 6.09. The quantitative estimate of drug-likeness (QED) is 0.282. The summed E-state index contributed by atoms with van der Waals surface area (Å²) in [6, 6.07) is 26.4. The molecule has 0 saturated heterocycles. The topological polar surface area (TPSA) is 67.4 Å². The highest BCUT2D eigenvalue weighted by molar-refractivity contribution is 7.92. The van der Waals surface area contributed by atoms with E-state index >= 15 is 0 Å². The van der Waals surface area contributed by atoms with Crippen molar-refractivity contribution in [1.29, 1.82) is 0 Å². The van der Waals surface area contributed by atoms with Gasteiger partial charge in [0.25, 0.3) is 10.0 Å². The van der Waals surface area contributed by atoms with Crippen LogP contribution in [0.5, 0.6) is 5.75 Å². The van der Waals surface area contributed by atoms with Crippen molar-refractivity contribution in [3.63, 3.8) is 0 Å². The van der Waals surface area contributed by atoms with E-state index in [1.165, 1.54) is 5.56 Å². The van der Waals surface area contributed by atoms with Crippen LogP contribution in [0.1, 0.15) is 11.1 Å². The Bertz CT molecular complexity index is 1490. The number of fused-ring (bicyclic) bond motifs is 1. The van der Waals surface area contributed by atoms with Crippen LogP contribution < -0.4 is 14.8 Å². The first-order valence-corrected chi connectivity index (χ1v) is 13.7. The van der Waals surface area contributed by atoms with Crippen LogP contribution in [0.3, 0.4) is 0 Å². The molecule has 1 aliphatic heterocycles. The van der Waals surface area contributed by atoms with E-state index in [1.54, 1.807) is 19.2 Å². The van der Waals surface area contributed by atoms with Gasteiger partial charge in [0.15, 0.2) is 0 Å². The average molecular weight is 556 g/mol. The highest BCUT2D eigenvalue weighted by Gasteiger charge is 2.21. The monoisotopic (exact) mass is 554 g/mol. The lowest BCUT2D eigenvalue weighted by atomic mass is 9.95. The smallest absolute Gasteiger partial charge is 0.262 e. The Labute approximate surface area is 229 Å². The standard InChI is InChI=1S/C29H27ClN2O3S.ClH/c1-35-29-18-23-14-16-31-15-13-22(23)17-28(29)32-36(33,34)25-11-12-26(21-7-9-24(30)10-8-21)27(19-25)20-5-3-2-4-6-20;/h2-12,17-19,31-32H,13-16H2,1H3;1H. The maximum atomic E-state index is 13.6. The number of halogens is 2. The van der Waals surface area contributed by atoms with Crippen molar-refractivity contribution in [3.8, 4) is 28.0 Å². The van der Waals surface area contributed by atoms with E-state index in [0.29, 0.717) is 16.5 Å². The molecule has 0 saturated carbocycles. The largest absolute Gasteiger partial charge is 0.495 e. The predicted molar refractivity (Wildman–Crippen MR) is 154 cm³/mol. The molecule has 8 heteroatoms. The Morgan fingerprint density at radius 3 is 2.14 bits per heavy atom. The number of sulfonamides is 1. The summed E-state index contributed by atoms with van der Waals surface area (Å²) in [6.45, 7) is 1.75. The van der Waals surface area contributed by atoms with E-state index in [2.05, 4.69) is 10.0 Å². The van der Waals surface area contributed by atoms with Gasteiger partial charge in [0.2, 0.25) is 0 Å². The molecular weight excluding hydrogens is 527 g/mol. The molecule has 0 aromatic heterocycles. The molecule has 0 atom stereocenters. The van der Waals surface area contributed by atoms with E-state index in [-0.39, 0.29) is 17.3 Å². The molecular formula is C29H28Cl2N2O3S. The molecule has 1 heterocycles. The molecule has 0 fully saturated rings. The van der Waals surface area contributed by atoms with Crippen LogP contribution in [-0.4, -0.2) is 28.6 Å². The Morgan fingerprint density at radius 2 is 1.46 bits per heavy atom. The fourth-order valence-corrected chi connectivity index (χ4v) is 5.80. The van der Waals surface area contributed by atoms with E-state index in [1.807, 2.05) is 72.8 Å². The van der Waals surface area contributed by atoms with E-state index in [0.717, 1.165) is 53.7 Å². The summed E-state index contributed by atoms with van der Waals surface area (Å²) in [5.41, 5.74) is 6.37. The minimum Gasteiger partial charge on any atom is -0.495 e. The highest BCUT2D eigenvalue weighted by Crippen LogP contribution is 2.36. The second-order valence-corrected chi connectivity index (χ2v) is 10.9. The van der Waals surface area contributed by atoms with Crippen LogP contribution >= 0.6 is 24.0 Å². The van der Waals surface area contributed by atoms with Crippen LogP contribution in [0.25, 0.3) is 22.3 Å². The molecule has 5 rings (SSSR count). The van der Waals surface area contributed by atoms with Gasteiger partial charge in [-0.2, -0.15) is 0 Å². The SMILES string of the molecule is COc1cc2c(cc1NS(=O)(=O)c1ccc(-c3ccc(Cl)cc3)c(-c3ccccc3)c1)CCNCC2.Cl. The van der Waals surface area contributed by atoms with Crippen LogP contribution in [0.4, 0.5) is 5.69 Å². The lowest BCUT2D eigenvalue weighted by molar-refractivity contribution is 0.416. The summed E-state index contributed by atoms with van der Waals surface area (Å²) < 4.78 is 35.5. The summed E-state index contributed by atoms with van der Waals surface area (Å²) in [5.74, 6) is 0.514. The van der Waals surface area contributed by atoms with Crippen molar-refractivity contribution in [2.75, 3.05) is 24.9 Å². The molecule has 0 amide bonds. The highest BCUT2D eigenvalue weighted by atomic mass is 35.5. The lowest BCUT2D eigenvalue weighted by Gasteiger charge is -2.17. The lowest BCUT2D eigenvalue weighted by Crippen LogP contribution is -2.16. The zero-order chi connectivity index (χ0) is 25.1. The average Bonchev–Trinajstić information content (AvgIpc) is 3.13. The normalized spacial score (nSPS) is 13.1. The first-order valence-electron chi connectivity index (χ1n) is 11.8. The van der Waals surface area contributed by atoms with Crippen LogP contribution in [0.2, 0.25) is 5.02 Å². The van der Waals surface area contributed by atoms with Crippen LogP contribution in [-0.2, 0) is 22.9 Å². The number of anilines is 1. The number of ether oxygens (including phenoxy) is 1. The molecule has 37 heavy (non-hydrogen) atoms. The van der Waals surface area contributed by atoms with Crippen molar-refractivity contribution in [2.45, 2.75) is 17.7 Å². The van der Waals surface area contributed by atoms with Gasteiger partial charge in [-0.15, -0.1) is 12.4 Å². The van der Waals surface area contributed by atoms with Gasteiger partial charge in [-0.05, 0) is 95.7 Å². The van der Waals surface area contributed by atoms with E-state index in [9.17, 15) is 8.42 Å². The van der Waals surface area contributed by atoms with Gasteiger partial charge >= 0.3 is 0 Å². The van der Waals surface area contributed by atoms with Crippen molar-refractivity contribution in [1.82, 2.24) is 5.32 Å². The first kappa shape index (κ1) is 27.0. The molecule has 0 spiro atoms. The van der Waals surface area contributed by atoms with Gasteiger partial charge in [0, 0.05) is 5.02 Å². The number of benzene rings is 4. The molecule has 5 nitrogen and oxygen atoms in total. The van der Waals surface area contributed by atoms with Gasteiger partial charge in [-0.25, -0.2) is 8.42 Å². The fourth-order valence-electron chi connectivity index (χ4n) is 4.58. The van der Waals surface area contributed by atoms with Crippen molar-refractivity contribution in [2.24, 2.45) is 0 Å².